The fraction of sp³-hybridized carbons (Fsp3) is 0.357. The van der Waals surface area contributed by atoms with Crippen molar-refractivity contribution in [3.63, 3.8) is 0 Å². The van der Waals surface area contributed by atoms with Crippen LogP contribution in [0.3, 0.4) is 0 Å². The van der Waals surface area contributed by atoms with Crippen LogP contribution in [0.15, 0.2) is 35.2 Å². The molecule has 2 N–H and O–H groups in total. The Morgan fingerprint density at radius 3 is 2.71 bits per heavy atom. The van der Waals surface area contributed by atoms with Crippen LogP contribution in [-0.2, 0) is 9.59 Å². The minimum atomic E-state index is -0.356. The van der Waals surface area contributed by atoms with E-state index in [0.29, 0.717) is 25.3 Å². The molecule has 7 heteroatoms. The first-order valence-corrected chi connectivity index (χ1v) is 7.68. The third kappa shape index (κ3) is 4.78. The molecule has 0 aliphatic carbocycles. The molecule has 2 rings (SSSR count). The van der Waals surface area contributed by atoms with Crippen LogP contribution in [0.5, 0.6) is 0 Å². The van der Waals surface area contributed by atoms with Gasteiger partial charge in [-0.25, -0.2) is 4.79 Å². The maximum atomic E-state index is 11.6. The number of hydrogen-bond donors (Lipinski definition) is 2. The van der Waals surface area contributed by atoms with Gasteiger partial charge in [-0.05, 0) is 18.6 Å². The maximum absolute atomic E-state index is 11.6. The van der Waals surface area contributed by atoms with Crippen molar-refractivity contribution in [1.29, 1.82) is 0 Å². The number of carbonyl (C=O) groups is 3. The van der Waals surface area contributed by atoms with Crippen LogP contribution in [0.2, 0.25) is 0 Å². The standard InChI is InChI=1S/C14H17N3O3S/c18-12(10-21-11-5-2-1-3-6-11)15-7-4-8-17-13(19)9-16-14(17)20/h1-3,5-6H,4,7-10H2,(H,15,18)(H,16,20). The van der Waals surface area contributed by atoms with Crippen LogP contribution < -0.4 is 10.6 Å². The third-order valence-electron chi connectivity index (χ3n) is 2.93. The van der Waals surface area contributed by atoms with E-state index in [2.05, 4.69) is 10.6 Å². The normalized spacial score (nSPS) is 14.2. The number of carbonyl (C=O) groups excluding carboxylic acids is 3. The molecule has 0 aromatic heterocycles. The number of nitrogens with zero attached hydrogens (tertiary/aromatic N) is 1. The molecule has 1 aromatic rings. The second-order valence-corrected chi connectivity index (χ2v) is 5.56. The van der Waals surface area contributed by atoms with Gasteiger partial charge in [-0.2, -0.15) is 0 Å². The van der Waals surface area contributed by atoms with Gasteiger partial charge in [0.25, 0.3) is 0 Å². The second kappa shape index (κ2) is 7.68. The molecule has 0 radical (unpaired) electrons. The van der Waals surface area contributed by atoms with Crippen LogP contribution in [0.25, 0.3) is 0 Å². The Labute approximate surface area is 127 Å². The van der Waals surface area contributed by atoms with E-state index in [0.717, 1.165) is 4.90 Å². The molecule has 1 saturated heterocycles. The molecule has 4 amide bonds. The number of thioether (sulfide) groups is 1. The Hall–Kier alpha value is -2.02. The molecular formula is C14H17N3O3S. The minimum absolute atomic E-state index is 0.0546. The Morgan fingerprint density at radius 1 is 1.29 bits per heavy atom. The van der Waals surface area contributed by atoms with Crippen LogP contribution in [0.4, 0.5) is 4.79 Å². The van der Waals surface area contributed by atoms with Gasteiger partial charge in [0.15, 0.2) is 0 Å². The van der Waals surface area contributed by atoms with Crippen molar-refractivity contribution >= 4 is 29.6 Å². The van der Waals surface area contributed by atoms with E-state index in [-0.39, 0.29) is 24.4 Å². The summed E-state index contributed by atoms with van der Waals surface area (Å²) in [5.74, 6) is 0.0830. The number of rotatable bonds is 7. The molecule has 1 heterocycles. The Kier molecular flexibility index (Phi) is 5.62. The first kappa shape index (κ1) is 15.4. The molecule has 1 aliphatic rings. The molecule has 6 nitrogen and oxygen atoms in total. The molecule has 0 saturated carbocycles. The average Bonchev–Trinajstić information content (AvgIpc) is 2.82. The van der Waals surface area contributed by atoms with E-state index in [1.165, 1.54) is 16.7 Å². The number of imide groups is 1. The summed E-state index contributed by atoms with van der Waals surface area (Å²) in [7, 11) is 0. The van der Waals surface area contributed by atoms with Crippen molar-refractivity contribution in [2.45, 2.75) is 11.3 Å². The van der Waals surface area contributed by atoms with E-state index >= 15 is 0 Å². The summed E-state index contributed by atoms with van der Waals surface area (Å²) < 4.78 is 0. The lowest BCUT2D eigenvalue weighted by Gasteiger charge is -2.12. The molecule has 0 bridgehead atoms. The average molecular weight is 307 g/mol. The van der Waals surface area contributed by atoms with E-state index < -0.39 is 0 Å². The molecule has 21 heavy (non-hydrogen) atoms. The number of amides is 4. The fourth-order valence-electron chi connectivity index (χ4n) is 1.86. The van der Waals surface area contributed by atoms with Crippen molar-refractivity contribution in [3.8, 4) is 0 Å². The first-order chi connectivity index (χ1) is 10.2. The maximum Gasteiger partial charge on any atom is 0.324 e. The largest absolute Gasteiger partial charge is 0.355 e. The van der Waals surface area contributed by atoms with Gasteiger partial charge in [-0.1, -0.05) is 18.2 Å². The van der Waals surface area contributed by atoms with Crippen LogP contribution in [-0.4, -0.2) is 48.1 Å². The lowest BCUT2D eigenvalue weighted by molar-refractivity contribution is -0.125. The molecule has 1 aromatic carbocycles. The van der Waals surface area contributed by atoms with Crippen molar-refractivity contribution < 1.29 is 14.4 Å². The zero-order valence-corrected chi connectivity index (χ0v) is 12.3. The molecule has 1 aliphatic heterocycles. The van der Waals surface area contributed by atoms with Gasteiger partial charge in [0.2, 0.25) is 11.8 Å². The lowest BCUT2D eigenvalue weighted by atomic mass is 10.4. The lowest BCUT2D eigenvalue weighted by Crippen LogP contribution is -2.34. The summed E-state index contributed by atoms with van der Waals surface area (Å²) in [5.41, 5.74) is 0. The summed E-state index contributed by atoms with van der Waals surface area (Å²) in [4.78, 5) is 36.5. The van der Waals surface area contributed by atoms with E-state index in [4.69, 9.17) is 0 Å². The van der Waals surface area contributed by atoms with Gasteiger partial charge in [0, 0.05) is 18.0 Å². The van der Waals surface area contributed by atoms with Crippen LogP contribution in [0.1, 0.15) is 6.42 Å². The predicted octanol–water partition coefficient (Wildman–Crippen LogP) is 0.837. The van der Waals surface area contributed by atoms with Crippen molar-refractivity contribution in [3.05, 3.63) is 30.3 Å². The summed E-state index contributed by atoms with van der Waals surface area (Å²) in [6.45, 7) is 0.848. The first-order valence-electron chi connectivity index (χ1n) is 6.69. The zero-order chi connectivity index (χ0) is 15.1. The highest BCUT2D eigenvalue weighted by Gasteiger charge is 2.27. The quantitative estimate of drug-likeness (QED) is 0.444. The van der Waals surface area contributed by atoms with Gasteiger partial charge in [-0.15, -0.1) is 11.8 Å². The molecule has 0 spiro atoms. The molecular weight excluding hydrogens is 290 g/mol. The molecule has 1 fully saturated rings. The van der Waals surface area contributed by atoms with Crippen molar-refractivity contribution in [1.82, 2.24) is 15.5 Å². The zero-order valence-electron chi connectivity index (χ0n) is 11.5. The number of nitrogens with one attached hydrogen (secondary N) is 2. The van der Waals surface area contributed by atoms with E-state index in [1.54, 1.807) is 0 Å². The minimum Gasteiger partial charge on any atom is -0.355 e. The second-order valence-electron chi connectivity index (χ2n) is 4.51. The Balaban J connectivity index is 1.59. The van der Waals surface area contributed by atoms with Crippen molar-refractivity contribution in [2.24, 2.45) is 0 Å². The monoisotopic (exact) mass is 307 g/mol. The smallest absolute Gasteiger partial charge is 0.324 e. The van der Waals surface area contributed by atoms with Crippen molar-refractivity contribution in [2.75, 3.05) is 25.4 Å². The summed E-state index contributed by atoms with van der Waals surface area (Å²) in [6.07, 6.45) is 0.556. The molecule has 0 unspecified atom stereocenters. The highest BCUT2D eigenvalue weighted by atomic mass is 32.2. The number of urea groups is 1. The van der Waals surface area contributed by atoms with Gasteiger partial charge in [0.05, 0.1) is 12.3 Å². The van der Waals surface area contributed by atoms with Crippen LogP contribution >= 0.6 is 11.8 Å². The van der Waals surface area contributed by atoms with E-state index in [1.807, 2.05) is 30.3 Å². The van der Waals surface area contributed by atoms with Crippen LogP contribution in [0, 0.1) is 0 Å². The van der Waals surface area contributed by atoms with E-state index in [9.17, 15) is 14.4 Å². The van der Waals surface area contributed by atoms with Gasteiger partial charge < -0.3 is 10.6 Å². The topological polar surface area (TPSA) is 78.5 Å². The summed E-state index contributed by atoms with van der Waals surface area (Å²) in [6, 6.07) is 9.34. The fourth-order valence-corrected chi connectivity index (χ4v) is 2.61. The highest BCUT2D eigenvalue weighted by molar-refractivity contribution is 8.00. The van der Waals surface area contributed by atoms with Gasteiger partial charge >= 0.3 is 6.03 Å². The van der Waals surface area contributed by atoms with Gasteiger partial charge in [0.1, 0.15) is 0 Å². The number of benzene rings is 1. The third-order valence-corrected chi connectivity index (χ3v) is 3.94. The predicted molar refractivity (Wildman–Crippen MR) is 79.9 cm³/mol. The summed E-state index contributed by atoms with van der Waals surface area (Å²) in [5, 5.41) is 5.23. The van der Waals surface area contributed by atoms with Gasteiger partial charge in [-0.3, -0.25) is 14.5 Å². The molecule has 0 atom stereocenters. The summed E-state index contributed by atoms with van der Waals surface area (Å²) >= 11 is 1.47. The molecule has 112 valence electrons. The number of hydrogen-bond acceptors (Lipinski definition) is 4. The highest BCUT2D eigenvalue weighted by Crippen LogP contribution is 2.16. The SMILES string of the molecule is O=C(CSc1ccccc1)NCCCN1C(=O)CNC1=O. The Morgan fingerprint density at radius 2 is 2.05 bits per heavy atom. The Bertz CT molecular complexity index is 505.